The second kappa shape index (κ2) is 5.69. The van der Waals surface area contributed by atoms with Crippen molar-refractivity contribution in [2.45, 2.75) is 44.1 Å². The predicted octanol–water partition coefficient (Wildman–Crippen LogP) is 3.66. The van der Waals surface area contributed by atoms with Crippen molar-refractivity contribution in [3.05, 3.63) is 36.3 Å². The molecule has 2 heterocycles. The van der Waals surface area contributed by atoms with E-state index in [9.17, 15) is 4.79 Å². The fourth-order valence-corrected chi connectivity index (χ4v) is 6.50. The van der Waals surface area contributed by atoms with Crippen molar-refractivity contribution in [1.82, 2.24) is 25.3 Å². The van der Waals surface area contributed by atoms with Crippen molar-refractivity contribution in [2.24, 2.45) is 24.8 Å². The number of benzene rings is 1. The van der Waals surface area contributed by atoms with Crippen LogP contribution in [-0.2, 0) is 7.05 Å². The maximum atomic E-state index is 13.2. The van der Waals surface area contributed by atoms with Gasteiger partial charge in [0.2, 0.25) is 0 Å². The van der Waals surface area contributed by atoms with Crippen LogP contribution < -0.4 is 5.32 Å². The van der Waals surface area contributed by atoms with Crippen LogP contribution in [0.1, 0.15) is 49.0 Å². The Kier molecular flexibility index (Phi) is 3.32. The molecule has 3 aromatic rings. The Bertz CT molecular complexity index is 1040. The quantitative estimate of drug-likeness (QED) is 0.733. The standard InChI is InChI=1S/C22H25N5O/c1-27-12-17(11-23-27)16-2-3-19-18(7-16)20(26-25-19)21(28)24-22-8-13-4-14(9-22)6-15(5-13)10-22/h2-3,7,11-15H,4-6,8-10H2,1H3,(H,24,28)(H,25,26). The van der Waals surface area contributed by atoms with E-state index >= 15 is 0 Å². The minimum Gasteiger partial charge on any atom is -0.345 e. The number of hydrogen-bond acceptors (Lipinski definition) is 3. The summed E-state index contributed by atoms with van der Waals surface area (Å²) in [5, 5.41) is 16.0. The molecule has 6 nitrogen and oxygen atoms in total. The number of nitrogens with zero attached hydrogens (tertiary/aromatic N) is 3. The van der Waals surface area contributed by atoms with Gasteiger partial charge in [-0.3, -0.25) is 14.6 Å². The van der Waals surface area contributed by atoms with Crippen LogP contribution in [0, 0.1) is 17.8 Å². The topological polar surface area (TPSA) is 75.6 Å². The first-order valence-electron chi connectivity index (χ1n) is 10.4. The molecule has 1 amide bonds. The summed E-state index contributed by atoms with van der Waals surface area (Å²) >= 11 is 0. The average molecular weight is 375 g/mol. The summed E-state index contributed by atoms with van der Waals surface area (Å²) < 4.78 is 1.79. The highest BCUT2D eigenvalue weighted by Gasteiger charge is 2.51. The zero-order valence-electron chi connectivity index (χ0n) is 16.1. The van der Waals surface area contributed by atoms with Crippen LogP contribution in [0.15, 0.2) is 30.6 Å². The first kappa shape index (κ1) is 16.3. The summed E-state index contributed by atoms with van der Waals surface area (Å²) in [6.07, 6.45) is 11.4. The lowest BCUT2D eigenvalue weighted by Crippen LogP contribution is -2.59. The van der Waals surface area contributed by atoms with E-state index in [2.05, 4.69) is 20.6 Å². The van der Waals surface area contributed by atoms with E-state index in [0.29, 0.717) is 5.69 Å². The molecule has 6 heteroatoms. The average Bonchev–Trinajstić information content (AvgIpc) is 3.25. The number of fused-ring (bicyclic) bond motifs is 1. The highest BCUT2D eigenvalue weighted by atomic mass is 16.2. The molecule has 4 aliphatic carbocycles. The van der Waals surface area contributed by atoms with Gasteiger partial charge in [0.1, 0.15) is 0 Å². The number of carbonyl (C=O) groups excluding carboxylic acids is 1. The molecule has 0 radical (unpaired) electrons. The largest absolute Gasteiger partial charge is 0.345 e. The zero-order chi connectivity index (χ0) is 18.9. The van der Waals surface area contributed by atoms with Crippen LogP contribution in [0.3, 0.4) is 0 Å². The lowest BCUT2D eigenvalue weighted by Gasteiger charge is -2.56. The SMILES string of the molecule is Cn1cc(-c2ccc3[nH]nc(C(=O)NC45CC6CC(CC(C6)C4)C5)c3c2)cn1. The maximum Gasteiger partial charge on any atom is 0.272 e. The molecule has 4 bridgehead atoms. The third kappa shape index (κ3) is 2.50. The molecule has 0 unspecified atom stereocenters. The maximum absolute atomic E-state index is 13.2. The Labute approximate surface area is 163 Å². The molecule has 4 fully saturated rings. The molecule has 0 aliphatic heterocycles. The first-order valence-corrected chi connectivity index (χ1v) is 10.4. The molecule has 144 valence electrons. The number of carbonyl (C=O) groups is 1. The van der Waals surface area contributed by atoms with Gasteiger partial charge in [-0.25, -0.2) is 0 Å². The van der Waals surface area contributed by atoms with Gasteiger partial charge in [0.15, 0.2) is 5.69 Å². The minimum atomic E-state index is -0.0310. The molecule has 2 aromatic heterocycles. The Balaban J connectivity index is 1.32. The Morgan fingerprint density at radius 1 is 1.14 bits per heavy atom. The molecule has 4 saturated carbocycles. The van der Waals surface area contributed by atoms with E-state index in [4.69, 9.17) is 0 Å². The van der Waals surface area contributed by atoms with Crippen molar-refractivity contribution >= 4 is 16.8 Å². The summed E-state index contributed by atoms with van der Waals surface area (Å²) in [5.74, 6) is 2.38. The van der Waals surface area contributed by atoms with Crippen molar-refractivity contribution in [2.75, 3.05) is 0 Å². The number of H-pyrrole nitrogens is 1. The molecule has 0 atom stereocenters. The summed E-state index contributed by atoms with van der Waals surface area (Å²) in [6, 6.07) is 6.08. The predicted molar refractivity (Wildman–Crippen MR) is 107 cm³/mol. The number of nitrogens with one attached hydrogen (secondary N) is 2. The number of amides is 1. The van der Waals surface area contributed by atoms with Crippen LogP contribution in [0.4, 0.5) is 0 Å². The second-order valence-corrected chi connectivity index (χ2v) is 9.39. The van der Waals surface area contributed by atoms with Crippen molar-refractivity contribution in [1.29, 1.82) is 0 Å². The van der Waals surface area contributed by atoms with Gasteiger partial charge in [-0.15, -0.1) is 0 Å². The van der Waals surface area contributed by atoms with Crippen molar-refractivity contribution in [3.63, 3.8) is 0 Å². The first-order chi connectivity index (χ1) is 13.6. The van der Waals surface area contributed by atoms with E-state index in [0.717, 1.165) is 59.0 Å². The summed E-state index contributed by atoms with van der Waals surface area (Å²) in [5.41, 5.74) is 3.49. The monoisotopic (exact) mass is 375 g/mol. The summed E-state index contributed by atoms with van der Waals surface area (Å²) in [7, 11) is 1.91. The van der Waals surface area contributed by atoms with Crippen LogP contribution in [0.5, 0.6) is 0 Å². The highest BCUT2D eigenvalue weighted by molar-refractivity contribution is 6.05. The van der Waals surface area contributed by atoms with E-state index in [1.807, 2.05) is 37.6 Å². The Morgan fingerprint density at radius 3 is 2.50 bits per heavy atom. The number of hydrogen-bond donors (Lipinski definition) is 2. The number of rotatable bonds is 3. The van der Waals surface area contributed by atoms with Crippen LogP contribution in [-0.4, -0.2) is 31.4 Å². The van der Waals surface area contributed by atoms with E-state index in [1.54, 1.807) is 4.68 Å². The highest BCUT2D eigenvalue weighted by Crippen LogP contribution is 2.55. The zero-order valence-corrected chi connectivity index (χ0v) is 16.1. The molecule has 0 spiro atoms. The molecular formula is C22H25N5O. The van der Waals surface area contributed by atoms with E-state index in [-0.39, 0.29) is 11.4 Å². The normalized spacial score (nSPS) is 30.8. The second-order valence-electron chi connectivity index (χ2n) is 9.39. The van der Waals surface area contributed by atoms with Crippen molar-refractivity contribution in [3.8, 4) is 11.1 Å². The van der Waals surface area contributed by atoms with E-state index < -0.39 is 0 Å². The van der Waals surface area contributed by atoms with Gasteiger partial charge >= 0.3 is 0 Å². The molecular weight excluding hydrogens is 350 g/mol. The molecule has 28 heavy (non-hydrogen) atoms. The Hall–Kier alpha value is -2.63. The van der Waals surface area contributed by atoms with Crippen molar-refractivity contribution < 1.29 is 4.79 Å². The van der Waals surface area contributed by atoms with Gasteiger partial charge in [0.25, 0.3) is 5.91 Å². The molecule has 0 saturated heterocycles. The molecule has 7 rings (SSSR count). The van der Waals surface area contributed by atoms with Gasteiger partial charge in [-0.1, -0.05) is 6.07 Å². The van der Waals surface area contributed by atoms with Gasteiger partial charge in [-0.2, -0.15) is 10.2 Å². The third-order valence-corrected chi connectivity index (χ3v) is 7.23. The van der Waals surface area contributed by atoms with Crippen LogP contribution >= 0.6 is 0 Å². The summed E-state index contributed by atoms with van der Waals surface area (Å²) in [6.45, 7) is 0. The van der Waals surface area contributed by atoms with Gasteiger partial charge in [0, 0.05) is 29.7 Å². The molecule has 4 aliphatic rings. The molecule has 2 N–H and O–H groups in total. The lowest BCUT2D eigenvalue weighted by atomic mass is 9.53. The number of aromatic amines is 1. The van der Waals surface area contributed by atoms with Gasteiger partial charge < -0.3 is 5.32 Å². The van der Waals surface area contributed by atoms with Gasteiger partial charge in [0.05, 0.1) is 11.7 Å². The van der Waals surface area contributed by atoms with Crippen LogP contribution in [0.2, 0.25) is 0 Å². The minimum absolute atomic E-state index is 0.00192. The lowest BCUT2D eigenvalue weighted by molar-refractivity contribution is -0.0167. The van der Waals surface area contributed by atoms with Crippen LogP contribution in [0.25, 0.3) is 22.0 Å². The molecule has 1 aromatic carbocycles. The number of aromatic nitrogens is 4. The number of aryl methyl sites for hydroxylation is 1. The summed E-state index contributed by atoms with van der Waals surface area (Å²) in [4.78, 5) is 13.2. The smallest absolute Gasteiger partial charge is 0.272 e. The fraction of sp³-hybridized carbons (Fsp3) is 0.500. The van der Waals surface area contributed by atoms with Gasteiger partial charge in [-0.05, 0) is 74.0 Å². The Morgan fingerprint density at radius 2 is 1.86 bits per heavy atom. The fourth-order valence-electron chi connectivity index (χ4n) is 6.50. The third-order valence-electron chi connectivity index (χ3n) is 7.23. The van der Waals surface area contributed by atoms with E-state index in [1.165, 1.54) is 19.3 Å².